The molecule has 19 heavy (non-hydrogen) atoms. The second kappa shape index (κ2) is 6.81. The molecule has 2 N–H and O–H groups in total. The summed E-state index contributed by atoms with van der Waals surface area (Å²) in [7, 11) is 3.01. The van der Waals surface area contributed by atoms with E-state index >= 15 is 0 Å². The molecule has 1 amide bonds. The minimum atomic E-state index is -0.691. The van der Waals surface area contributed by atoms with Gasteiger partial charge in [-0.25, -0.2) is 0 Å². The molecular weight excluding hydrogens is 250 g/mol. The van der Waals surface area contributed by atoms with Crippen LogP contribution < -0.4 is 5.73 Å². The van der Waals surface area contributed by atoms with E-state index in [1.54, 1.807) is 19.2 Å². The Bertz CT molecular complexity index is 460. The number of carbonyl (C=O) groups is 1. The maximum absolute atomic E-state index is 11.9. The lowest BCUT2D eigenvalue weighted by Gasteiger charge is -2.21. The fourth-order valence-electron chi connectivity index (χ4n) is 1.66. The number of likely N-dealkylation sites (N-methyl/N-ethyl adjacent to an activating group) is 1. The number of hydrogen-bond acceptors (Lipinski definition) is 5. The number of benzene rings is 1. The van der Waals surface area contributed by atoms with Crippen LogP contribution in [0.3, 0.4) is 0 Å². The van der Waals surface area contributed by atoms with Gasteiger partial charge in [0.05, 0.1) is 4.92 Å². The summed E-state index contributed by atoms with van der Waals surface area (Å²) in [6, 6.07) is 6.15. The largest absolute Gasteiger partial charge is 0.370 e. The molecule has 0 saturated heterocycles. The minimum absolute atomic E-state index is 0.000431. The Labute approximate surface area is 111 Å². The third-order valence-corrected chi connectivity index (χ3v) is 2.69. The molecule has 104 valence electrons. The van der Waals surface area contributed by atoms with E-state index in [1.165, 1.54) is 24.1 Å². The lowest BCUT2D eigenvalue weighted by atomic mass is 10.2. The fraction of sp³-hybridized carbons (Fsp3) is 0.417. The normalized spacial score (nSPS) is 11.9. The minimum Gasteiger partial charge on any atom is -0.370 e. The molecule has 0 radical (unpaired) electrons. The number of rotatable bonds is 6. The first-order valence-corrected chi connectivity index (χ1v) is 5.70. The molecule has 0 aliphatic heterocycles. The van der Waals surface area contributed by atoms with Gasteiger partial charge in [-0.2, -0.15) is 0 Å². The average molecular weight is 267 g/mol. The summed E-state index contributed by atoms with van der Waals surface area (Å²) in [6.45, 7) is 0.356. The van der Waals surface area contributed by atoms with Crippen LogP contribution in [0.2, 0.25) is 0 Å². The second-order valence-corrected chi connectivity index (χ2v) is 4.08. The van der Waals surface area contributed by atoms with Crippen molar-refractivity contribution in [2.75, 3.05) is 20.7 Å². The molecule has 1 aromatic carbocycles. The Hall–Kier alpha value is -1.99. The van der Waals surface area contributed by atoms with Crippen LogP contribution in [-0.2, 0) is 16.1 Å². The van der Waals surface area contributed by atoms with Crippen LogP contribution in [0.15, 0.2) is 24.3 Å². The van der Waals surface area contributed by atoms with Gasteiger partial charge in [0.25, 0.3) is 11.6 Å². The standard InChI is InChI=1S/C12H17N3O4/c1-14(12(16)11(7-13)19-2)8-9-4-3-5-10(6-9)15(17)18/h3-6,11H,7-8,13H2,1-2H3. The van der Waals surface area contributed by atoms with E-state index in [0.29, 0.717) is 5.56 Å². The summed E-state index contributed by atoms with van der Waals surface area (Å²) in [5.41, 5.74) is 6.10. The summed E-state index contributed by atoms with van der Waals surface area (Å²) in [5, 5.41) is 10.7. The number of hydrogen-bond donors (Lipinski definition) is 1. The number of non-ortho nitro benzene ring substituents is 1. The Morgan fingerprint density at radius 1 is 1.58 bits per heavy atom. The van der Waals surface area contributed by atoms with Gasteiger partial charge >= 0.3 is 0 Å². The lowest BCUT2D eigenvalue weighted by Crippen LogP contribution is -2.41. The first kappa shape index (κ1) is 15.1. The number of nitrogens with zero attached hydrogens (tertiary/aromatic N) is 2. The van der Waals surface area contributed by atoms with Gasteiger partial charge in [0, 0.05) is 39.4 Å². The quantitative estimate of drug-likeness (QED) is 0.598. The number of nitro benzene ring substituents is 1. The third-order valence-electron chi connectivity index (χ3n) is 2.69. The first-order valence-electron chi connectivity index (χ1n) is 5.70. The molecule has 0 fully saturated rings. The molecule has 0 bridgehead atoms. The van der Waals surface area contributed by atoms with Crippen molar-refractivity contribution in [1.82, 2.24) is 4.90 Å². The Morgan fingerprint density at radius 2 is 2.26 bits per heavy atom. The summed E-state index contributed by atoms with van der Waals surface area (Å²) in [6.07, 6.45) is -0.691. The van der Waals surface area contributed by atoms with Gasteiger partial charge in [0.2, 0.25) is 0 Å². The van der Waals surface area contributed by atoms with Crippen LogP contribution in [-0.4, -0.2) is 42.5 Å². The molecule has 1 atom stereocenters. The van der Waals surface area contributed by atoms with E-state index < -0.39 is 11.0 Å². The predicted octanol–water partition coefficient (Wildman–Crippen LogP) is 0.527. The number of nitro groups is 1. The molecular formula is C12H17N3O4. The van der Waals surface area contributed by atoms with Crippen molar-refractivity contribution in [3.8, 4) is 0 Å². The van der Waals surface area contributed by atoms with Gasteiger partial charge in [0.1, 0.15) is 6.10 Å². The summed E-state index contributed by atoms with van der Waals surface area (Å²) < 4.78 is 4.96. The zero-order valence-electron chi connectivity index (χ0n) is 10.9. The summed E-state index contributed by atoms with van der Waals surface area (Å²) >= 11 is 0. The van der Waals surface area contributed by atoms with Crippen molar-refractivity contribution in [1.29, 1.82) is 0 Å². The highest BCUT2D eigenvalue weighted by molar-refractivity contribution is 5.80. The van der Waals surface area contributed by atoms with Gasteiger partial charge in [-0.3, -0.25) is 14.9 Å². The summed E-state index contributed by atoms with van der Waals surface area (Å²) in [5.74, 6) is -0.253. The zero-order chi connectivity index (χ0) is 14.4. The highest BCUT2D eigenvalue weighted by Gasteiger charge is 2.20. The van der Waals surface area contributed by atoms with E-state index in [9.17, 15) is 14.9 Å². The van der Waals surface area contributed by atoms with E-state index in [4.69, 9.17) is 10.5 Å². The number of nitrogens with two attached hydrogens (primary N) is 1. The van der Waals surface area contributed by atoms with Crippen molar-refractivity contribution in [3.63, 3.8) is 0 Å². The fourth-order valence-corrected chi connectivity index (χ4v) is 1.66. The predicted molar refractivity (Wildman–Crippen MR) is 69.4 cm³/mol. The highest BCUT2D eigenvalue weighted by Crippen LogP contribution is 2.14. The Kier molecular flexibility index (Phi) is 5.40. The van der Waals surface area contributed by atoms with E-state index in [-0.39, 0.29) is 24.7 Å². The van der Waals surface area contributed by atoms with E-state index in [1.807, 2.05) is 0 Å². The van der Waals surface area contributed by atoms with Crippen LogP contribution in [0, 0.1) is 10.1 Å². The van der Waals surface area contributed by atoms with Crippen molar-refractivity contribution in [2.45, 2.75) is 12.6 Å². The SMILES string of the molecule is COC(CN)C(=O)N(C)Cc1cccc([N+](=O)[O-])c1. The topological polar surface area (TPSA) is 98.7 Å². The molecule has 0 aliphatic rings. The molecule has 0 aliphatic carbocycles. The molecule has 0 saturated carbocycles. The van der Waals surface area contributed by atoms with Crippen LogP contribution in [0.25, 0.3) is 0 Å². The molecule has 0 heterocycles. The van der Waals surface area contributed by atoms with Crippen LogP contribution in [0.1, 0.15) is 5.56 Å². The molecule has 0 aromatic heterocycles. The molecule has 1 rings (SSSR count). The van der Waals surface area contributed by atoms with Crippen LogP contribution >= 0.6 is 0 Å². The first-order chi connectivity index (χ1) is 8.99. The number of methoxy groups -OCH3 is 1. The maximum Gasteiger partial charge on any atom is 0.269 e. The number of amides is 1. The van der Waals surface area contributed by atoms with Gasteiger partial charge in [-0.05, 0) is 5.56 Å². The molecule has 1 aromatic rings. The monoisotopic (exact) mass is 267 g/mol. The van der Waals surface area contributed by atoms with E-state index in [0.717, 1.165) is 0 Å². The lowest BCUT2D eigenvalue weighted by molar-refractivity contribution is -0.384. The number of ether oxygens (including phenoxy) is 1. The van der Waals surface area contributed by atoms with Gasteiger partial charge in [-0.1, -0.05) is 12.1 Å². The summed E-state index contributed by atoms with van der Waals surface area (Å²) in [4.78, 5) is 23.5. The Balaban J connectivity index is 2.76. The molecule has 7 nitrogen and oxygen atoms in total. The van der Waals surface area contributed by atoms with E-state index in [2.05, 4.69) is 0 Å². The third kappa shape index (κ3) is 4.01. The molecule has 0 spiro atoms. The highest BCUT2D eigenvalue weighted by atomic mass is 16.6. The smallest absolute Gasteiger partial charge is 0.269 e. The average Bonchev–Trinajstić information content (AvgIpc) is 2.40. The van der Waals surface area contributed by atoms with Gasteiger partial charge in [0.15, 0.2) is 0 Å². The second-order valence-electron chi connectivity index (χ2n) is 4.08. The van der Waals surface area contributed by atoms with Gasteiger partial charge in [-0.15, -0.1) is 0 Å². The zero-order valence-corrected chi connectivity index (χ0v) is 10.9. The van der Waals surface area contributed by atoms with Crippen LogP contribution in [0.4, 0.5) is 5.69 Å². The number of carbonyl (C=O) groups excluding carboxylic acids is 1. The van der Waals surface area contributed by atoms with Crippen molar-refractivity contribution in [2.24, 2.45) is 5.73 Å². The van der Waals surface area contributed by atoms with Crippen LogP contribution in [0.5, 0.6) is 0 Å². The van der Waals surface area contributed by atoms with Crippen molar-refractivity contribution >= 4 is 11.6 Å². The molecule has 1 unspecified atom stereocenters. The molecule has 7 heteroatoms. The Morgan fingerprint density at radius 3 is 2.79 bits per heavy atom. The van der Waals surface area contributed by atoms with Crippen molar-refractivity contribution < 1.29 is 14.5 Å². The maximum atomic E-state index is 11.9. The van der Waals surface area contributed by atoms with Crippen molar-refractivity contribution in [3.05, 3.63) is 39.9 Å². The van der Waals surface area contributed by atoms with Gasteiger partial charge < -0.3 is 15.4 Å².